The van der Waals surface area contributed by atoms with Gasteiger partial charge in [0.25, 0.3) is 0 Å². The van der Waals surface area contributed by atoms with Crippen LogP contribution >= 0.6 is 0 Å². The van der Waals surface area contributed by atoms with Crippen LogP contribution in [0.25, 0.3) is 0 Å². The van der Waals surface area contributed by atoms with Gasteiger partial charge in [0.15, 0.2) is 0 Å². The molecule has 0 aliphatic carbocycles. The zero-order valence-corrected chi connectivity index (χ0v) is 12.2. The highest BCUT2D eigenvalue weighted by Gasteiger charge is 2.30. The fraction of sp³-hybridized carbons (Fsp3) is 0.467. The van der Waals surface area contributed by atoms with Crippen molar-refractivity contribution >= 4 is 5.69 Å². The Morgan fingerprint density at radius 3 is 2.65 bits per heavy atom. The van der Waals surface area contributed by atoms with Crippen LogP contribution in [-0.4, -0.2) is 16.7 Å². The lowest BCUT2D eigenvalue weighted by Crippen LogP contribution is -2.26. The molecule has 1 aromatic heterocycles. The Labute approximate surface area is 119 Å². The zero-order valence-electron chi connectivity index (χ0n) is 12.2. The third kappa shape index (κ3) is 3.36. The highest BCUT2D eigenvalue weighted by atomic mass is 16.5. The van der Waals surface area contributed by atoms with E-state index in [1.165, 1.54) is 0 Å². The number of rotatable bonds is 7. The summed E-state index contributed by atoms with van der Waals surface area (Å²) in [5, 5.41) is 7.28. The van der Waals surface area contributed by atoms with Gasteiger partial charge in [-0.15, -0.1) is 0 Å². The number of nitrogens with zero attached hydrogens (tertiary/aromatic N) is 2. The Morgan fingerprint density at radius 2 is 2.00 bits per heavy atom. The topological polar surface area (TPSA) is 60.2 Å². The zero-order chi connectivity index (χ0) is 14.4. The second kappa shape index (κ2) is 6.52. The summed E-state index contributed by atoms with van der Waals surface area (Å²) in [6.45, 7) is 7.12. The van der Waals surface area contributed by atoms with Gasteiger partial charge in [-0.1, -0.05) is 30.3 Å². The summed E-state index contributed by atoms with van der Waals surface area (Å²) in [5.41, 5.74) is 0.541. The van der Waals surface area contributed by atoms with Gasteiger partial charge in [0.05, 0.1) is 6.54 Å². The first-order chi connectivity index (χ1) is 9.68. The molecule has 2 aromatic rings. The number of aromatic nitrogens is 2. The summed E-state index contributed by atoms with van der Waals surface area (Å²) < 4.78 is 11.0. The normalized spacial score (nSPS) is 13.9. The Kier molecular flexibility index (Phi) is 4.74. The molecule has 0 amide bonds. The highest BCUT2D eigenvalue weighted by molar-refractivity contribution is 5.42. The molecule has 1 atom stereocenters. The number of benzene rings is 1. The predicted octanol–water partition coefficient (Wildman–Crippen LogP) is 3.34. The second-order valence-electron chi connectivity index (χ2n) is 4.75. The van der Waals surface area contributed by atoms with Crippen molar-refractivity contribution in [1.29, 1.82) is 0 Å². The van der Waals surface area contributed by atoms with Gasteiger partial charge in [-0.25, -0.2) is 0 Å². The molecule has 20 heavy (non-hydrogen) atoms. The number of nitrogens with one attached hydrogen (secondary N) is 1. The number of para-hydroxylation sites is 1. The maximum Gasteiger partial charge on any atom is 0.246 e. The molecule has 5 heteroatoms. The van der Waals surface area contributed by atoms with Gasteiger partial charge in [0, 0.05) is 12.3 Å². The van der Waals surface area contributed by atoms with E-state index in [2.05, 4.69) is 15.5 Å². The summed E-state index contributed by atoms with van der Waals surface area (Å²) in [4.78, 5) is 4.42. The van der Waals surface area contributed by atoms with E-state index in [0.717, 1.165) is 12.1 Å². The van der Waals surface area contributed by atoms with Gasteiger partial charge >= 0.3 is 0 Å². The van der Waals surface area contributed by atoms with E-state index >= 15 is 0 Å². The molecule has 1 N–H and O–H groups in total. The smallest absolute Gasteiger partial charge is 0.246 e. The molecule has 2 rings (SSSR count). The quantitative estimate of drug-likeness (QED) is 0.839. The number of hydrogen-bond donors (Lipinski definition) is 1. The summed E-state index contributed by atoms with van der Waals surface area (Å²) in [7, 11) is 0. The van der Waals surface area contributed by atoms with Crippen molar-refractivity contribution in [2.24, 2.45) is 0 Å². The van der Waals surface area contributed by atoms with E-state index in [9.17, 15) is 0 Å². The van der Waals surface area contributed by atoms with Crippen LogP contribution in [0.1, 0.15) is 38.9 Å². The number of anilines is 1. The van der Waals surface area contributed by atoms with Crippen molar-refractivity contribution in [3.05, 3.63) is 42.0 Å². The summed E-state index contributed by atoms with van der Waals surface area (Å²) in [5.74, 6) is 1.16. The van der Waals surface area contributed by atoms with Gasteiger partial charge in [0.1, 0.15) is 5.60 Å². The minimum Gasteiger partial charge on any atom is -0.376 e. The molecule has 1 heterocycles. The molecule has 1 unspecified atom stereocenters. The average Bonchev–Trinajstić information content (AvgIpc) is 2.96. The first-order valence-electron chi connectivity index (χ1n) is 6.94. The van der Waals surface area contributed by atoms with Gasteiger partial charge in [-0.3, -0.25) is 0 Å². The summed E-state index contributed by atoms with van der Waals surface area (Å²) >= 11 is 0. The standard InChI is InChI=1S/C15H21N3O2/c1-4-15(3,19-5-2)14-17-13(20-18-14)11-16-12-9-7-6-8-10-12/h6-10,16H,4-5,11H2,1-3H3. The number of hydrogen-bond acceptors (Lipinski definition) is 5. The SMILES string of the molecule is CCOC(C)(CC)c1noc(CNc2ccccc2)n1. The molecular formula is C15H21N3O2. The number of ether oxygens (including phenoxy) is 1. The lowest BCUT2D eigenvalue weighted by Gasteiger charge is -2.23. The molecule has 0 bridgehead atoms. The Bertz CT molecular complexity index is 527. The largest absolute Gasteiger partial charge is 0.376 e. The lowest BCUT2D eigenvalue weighted by atomic mass is 10.0. The van der Waals surface area contributed by atoms with E-state index in [-0.39, 0.29) is 0 Å². The Morgan fingerprint density at radius 1 is 1.25 bits per heavy atom. The van der Waals surface area contributed by atoms with E-state index < -0.39 is 5.60 Å². The van der Waals surface area contributed by atoms with Crippen LogP contribution in [0.4, 0.5) is 5.69 Å². The minimum atomic E-state index is -0.483. The van der Waals surface area contributed by atoms with Crippen molar-refractivity contribution in [3.63, 3.8) is 0 Å². The van der Waals surface area contributed by atoms with Crippen LogP contribution in [0, 0.1) is 0 Å². The third-order valence-corrected chi connectivity index (χ3v) is 3.30. The fourth-order valence-corrected chi connectivity index (χ4v) is 1.92. The van der Waals surface area contributed by atoms with Crippen molar-refractivity contribution in [3.8, 4) is 0 Å². The molecule has 5 nitrogen and oxygen atoms in total. The Balaban J connectivity index is 2.02. The third-order valence-electron chi connectivity index (χ3n) is 3.30. The van der Waals surface area contributed by atoms with E-state index in [0.29, 0.717) is 24.9 Å². The Hall–Kier alpha value is -1.88. The maximum absolute atomic E-state index is 5.74. The van der Waals surface area contributed by atoms with Crippen molar-refractivity contribution in [2.75, 3.05) is 11.9 Å². The molecule has 0 aliphatic heterocycles. The van der Waals surface area contributed by atoms with Crippen LogP contribution in [0.15, 0.2) is 34.9 Å². The van der Waals surface area contributed by atoms with Gasteiger partial charge in [0.2, 0.25) is 11.7 Å². The van der Waals surface area contributed by atoms with E-state index in [1.54, 1.807) is 0 Å². The molecule has 0 saturated heterocycles. The average molecular weight is 275 g/mol. The van der Waals surface area contributed by atoms with E-state index in [4.69, 9.17) is 9.26 Å². The summed E-state index contributed by atoms with van der Waals surface area (Å²) in [6, 6.07) is 9.92. The molecule has 0 aliphatic rings. The van der Waals surface area contributed by atoms with Gasteiger partial charge in [-0.2, -0.15) is 4.98 Å². The van der Waals surface area contributed by atoms with Gasteiger partial charge in [-0.05, 0) is 32.4 Å². The van der Waals surface area contributed by atoms with Crippen LogP contribution in [0.2, 0.25) is 0 Å². The fourth-order valence-electron chi connectivity index (χ4n) is 1.92. The van der Waals surface area contributed by atoms with Crippen LogP contribution in [0.3, 0.4) is 0 Å². The molecule has 1 aromatic carbocycles. The first-order valence-corrected chi connectivity index (χ1v) is 6.94. The molecule has 0 fully saturated rings. The molecule has 0 spiro atoms. The molecule has 108 valence electrons. The van der Waals surface area contributed by atoms with Crippen LogP contribution in [-0.2, 0) is 16.9 Å². The molecular weight excluding hydrogens is 254 g/mol. The van der Waals surface area contributed by atoms with Crippen molar-refractivity contribution < 1.29 is 9.26 Å². The first kappa shape index (κ1) is 14.5. The highest BCUT2D eigenvalue weighted by Crippen LogP contribution is 2.26. The molecule has 0 saturated carbocycles. The van der Waals surface area contributed by atoms with Crippen LogP contribution < -0.4 is 5.32 Å². The van der Waals surface area contributed by atoms with Gasteiger partial charge < -0.3 is 14.6 Å². The second-order valence-corrected chi connectivity index (χ2v) is 4.75. The van der Waals surface area contributed by atoms with E-state index in [1.807, 2.05) is 51.1 Å². The van der Waals surface area contributed by atoms with Crippen molar-refractivity contribution in [2.45, 2.75) is 39.3 Å². The minimum absolute atomic E-state index is 0.483. The maximum atomic E-state index is 5.74. The predicted molar refractivity (Wildman–Crippen MR) is 77.3 cm³/mol. The monoisotopic (exact) mass is 275 g/mol. The van der Waals surface area contributed by atoms with Crippen LogP contribution in [0.5, 0.6) is 0 Å². The summed E-state index contributed by atoms with van der Waals surface area (Å²) in [6.07, 6.45) is 0.798. The van der Waals surface area contributed by atoms with Crippen molar-refractivity contribution in [1.82, 2.24) is 10.1 Å². The molecule has 0 radical (unpaired) electrons. The lowest BCUT2D eigenvalue weighted by molar-refractivity contribution is -0.0403.